The van der Waals surface area contributed by atoms with Crippen molar-refractivity contribution in [2.24, 2.45) is 0 Å². The Bertz CT molecular complexity index is 743. The van der Waals surface area contributed by atoms with E-state index in [0.717, 1.165) is 19.6 Å². The van der Waals surface area contributed by atoms with Gasteiger partial charge >= 0.3 is 12.4 Å². The molecule has 0 aromatic heterocycles. The van der Waals surface area contributed by atoms with Gasteiger partial charge in [-0.15, -0.1) is 13.2 Å². The van der Waals surface area contributed by atoms with Gasteiger partial charge in [-0.2, -0.15) is 0 Å². The number of ether oxygens (including phenoxy) is 1. The van der Waals surface area contributed by atoms with Crippen molar-refractivity contribution < 1.29 is 27.6 Å². The van der Waals surface area contributed by atoms with E-state index in [1.54, 1.807) is 4.90 Å². The summed E-state index contributed by atoms with van der Waals surface area (Å²) < 4.78 is 40.3. The van der Waals surface area contributed by atoms with Gasteiger partial charge in [-0.05, 0) is 24.3 Å². The van der Waals surface area contributed by atoms with Gasteiger partial charge < -0.3 is 19.9 Å². The lowest BCUT2D eigenvalue weighted by molar-refractivity contribution is -0.917. The van der Waals surface area contributed by atoms with Gasteiger partial charge in [-0.1, -0.05) is 30.3 Å². The molecule has 1 aliphatic rings. The van der Waals surface area contributed by atoms with Gasteiger partial charge in [0, 0.05) is 11.3 Å². The number of rotatable bonds is 4. The fourth-order valence-electron chi connectivity index (χ4n) is 3.03. The zero-order valence-electron chi connectivity index (χ0n) is 14.6. The summed E-state index contributed by atoms with van der Waals surface area (Å²) in [5, 5.41) is 2.71. The minimum Gasteiger partial charge on any atom is -0.406 e. The summed E-state index contributed by atoms with van der Waals surface area (Å²) in [5.74, 6) is -0.321. The Balaban J connectivity index is 1.46. The summed E-state index contributed by atoms with van der Waals surface area (Å²) in [4.78, 5) is 15.5. The standard InChI is InChI=1S/C19H20F3N3O2/c20-19(21,22)27-17-8-6-16(7-9-17)23-18(26)25-12-10-24(11-13-25)14-15-4-2-1-3-5-15/h1-9H,10-14H2,(H,23,26)/p+1. The van der Waals surface area contributed by atoms with Gasteiger partial charge in [0.2, 0.25) is 0 Å². The van der Waals surface area contributed by atoms with Crippen molar-refractivity contribution in [2.75, 3.05) is 31.5 Å². The molecule has 1 aliphatic heterocycles. The number of hydrogen-bond donors (Lipinski definition) is 2. The van der Waals surface area contributed by atoms with Gasteiger partial charge in [0.15, 0.2) is 0 Å². The van der Waals surface area contributed by atoms with Crippen LogP contribution in [0.1, 0.15) is 5.56 Å². The summed E-state index contributed by atoms with van der Waals surface area (Å²) in [7, 11) is 0. The van der Waals surface area contributed by atoms with E-state index in [1.807, 2.05) is 18.2 Å². The van der Waals surface area contributed by atoms with Crippen LogP contribution in [0.2, 0.25) is 0 Å². The highest BCUT2D eigenvalue weighted by atomic mass is 19.4. The van der Waals surface area contributed by atoms with Crippen LogP contribution in [-0.4, -0.2) is 43.5 Å². The number of urea groups is 1. The Hall–Kier alpha value is -2.74. The number of carbonyl (C=O) groups excluding carboxylic acids is 1. The molecule has 2 N–H and O–H groups in total. The van der Waals surface area contributed by atoms with Crippen molar-refractivity contribution in [1.29, 1.82) is 0 Å². The Morgan fingerprint density at radius 2 is 1.67 bits per heavy atom. The molecular formula is C19H21F3N3O2+. The number of halogens is 3. The van der Waals surface area contributed by atoms with E-state index in [2.05, 4.69) is 22.2 Å². The van der Waals surface area contributed by atoms with Crippen LogP contribution in [-0.2, 0) is 6.54 Å². The number of piperazine rings is 1. The van der Waals surface area contributed by atoms with E-state index in [-0.39, 0.29) is 11.8 Å². The fraction of sp³-hybridized carbons (Fsp3) is 0.316. The second kappa shape index (κ2) is 8.30. The minimum atomic E-state index is -4.73. The number of amides is 2. The van der Waals surface area contributed by atoms with Gasteiger partial charge in [0.25, 0.3) is 0 Å². The first kappa shape index (κ1) is 19.0. The molecule has 5 nitrogen and oxygen atoms in total. The number of carbonyl (C=O) groups is 1. The zero-order valence-corrected chi connectivity index (χ0v) is 14.6. The van der Waals surface area contributed by atoms with E-state index >= 15 is 0 Å². The van der Waals surface area contributed by atoms with Crippen molar-refractivity contribution in [3.05, 3.63) is 60.2 Å². The van der Waals surface area contributed by atoms with Crippen molar-refractivity contribution >= 4 is 11.7 Å². The van der Waals surface area contributed by atoms with Crippen LogP contribution < -0.4 is 15.0 Å². The van der Waals surface area contributed by atoms with Crippen LogP contribution in [0.4, 0.5) is 23.7 Å². The second-order valence-corrected chi connectivity index (χ2v) is 6.40. The Labute approximate surface area is 155 Å². The molecule has 0 spiro atoms. The highest BCUT2D eigenvalue weighted by molar-refractivity contribution is 5.89. The lowest BCUT2D eigenvalue weighted by Gasteiger charge is -2.32. The highest BCUT2D eigenvalue weighted by Gasteiger charge is 2.31. The molecule has 0 atom stereocenters. The molecule has 0 bridgehead atoms. The number of alkyl halides is 3. The number of benzene rings is 2. The lowest BCUT2D eigenvalue weighted by Crippen LogP contribution is -3.13. The van der Waals surface area contributed by atoms with Crippen LogP contribution >= 0.6 is 0 Å². The molecule has 1 saturated heterocycles. The average molecular weight is 380 g/mol. The average Bonchev–Trinajstić information content (AvgIpc) is 2.63. The third-order valence-electron chi connectivity index (χ3n) is 4.39. The predicted molar refractivity (Wildman–Crippen MR) is 94.6 cm³/mol. The van der Waals surface area contributed by atoms with Gasteiger partial charge in [-0.3, -0.25) is 0 Å². The van der Waals surface area contributed by atoms with Crippen molar-refractivity contribution in [2.45, 2.75) is 12.9 Å². The summed E-state index contributed by atoms with van der Waals surface area (Å²) >= 11 is 0. The van der Waals surface area contributed by atoms with Gasteiger partial charge in [-0.25, -0.2) is 4.79 Å². The molecule has 144 valence electrons. The number of anilines is 1. The minimum absolute atomic E-state index is 0.252. The molecule has 1 fully saturated rings. The van der Waals surface area contributed by atoms with Gasteiger partial charge in [0.1, 0.15) is 12.3 Å². The number of quaternary nitrogens is 1. The summed E-state index contributed by atoms with van der Waals surface area (Å²) in [6.45, 7) is 3.88. The Kier molecular flexibility index (Phi) is 5.85. The van der Waals surface area contributed by atoms with Crippen molar-refractivity contribution in [3.63, 3.8) is 0 Å². The summed E-state index contributed by atoms with van der Waals surface area (Å²) in [6, 6.07) is 15.1. The molecule has 8 heteroatoms. The predicted octanol–water partition coefficient (Wildman–Crippen LogP) is 2.52. The largest absolute Gasteiger partial charge is 0.573 e. The van der Waals surface area contributed by atoms with E-state index < -0.39 is 6.36 Å². The third-order valence-corrected chi connectivity index (χ3v) is 4.39. The maximum atomic E-state index is 12.3. The first-order chi connectivity index (χ1) is 12.9. The monoisotopic (exact) mass is 380 g/mol. The quantitative estimate of drug-likeness (QED) is 0.856. The number of hydrogen-bond acceptors (Lipinski definition) is 2. The van der Waals surface area contributed by atoms with Crippen LogP contribution in [0.15, 0.2) is 54.6 Å². The second-order valence-electron chi connectivity index (χ2n) is 6.40. The smallest absolute Gasteiger partial charge is 0.406 e. The van der Waals surface area contributed by atoms with Crippen LogP contribution in [0.25, 0.3) is 0 Å². The third kappa shape index (κ3) is 5.89. The molecular weight excluding hydrogens is 359 g/mol. The van der Waals surface area contributed by atoms with Crippen LogP contribution in [0, 0.1) is 0 Å². The van der Waals surface area contributed by atoms with E-state index in [0.29, 0.717) is 18.8 Å². The maximum Gasteiger partial charge on any atom is 0.573 e. The molecule has 3 rings (SSSR count). The molecule has 0 saturated carbocycles. The molecule has 1 heterocycles. The Morgan fingerprint density at radius 3 is 2.26 bits per heavy atom. The van der Waals surface area contributed by atoms with Crippen molar-refractivity contribution in [3.8, 4) is 5.75 Å². The van der Waals surface area contributed by atoms with Crippen molar-refractivity contribution in [1.82, 2.24) is 4.90 Å². The highest BCUT2D eigenvalue weighted by Crippen LogP contribution is 2.24. The molecule has 27 heavy (non-hydrogen) atoms. The van der Waals surface area contributed by atoms with Gasteiger partial charge in [0.05, 0.1) is 26.2 Å². The normalized spacial score (nSPS) is 15.4. The lowest BCUT2D eigenvalue weighted by atomic mass is 10.2. The number of nitrogens with one attached hydrogen (secondary N) is 2. The molecule has 0 radical (unpaired) electrons. The maximum absolute atomic E-state index is 12.3. The van der Waals surface area contributed by atoms with E-state index in [1.165, 1.54) is 34.7 Å². The molecule has 2 amide bonds. The van der Waals surface area contributed by atoms with E-state index in [9.17, 15) is 18.0 Å². The van der Waals surface area contributed by atoms with Crippen LogP contribution in [0.5, 0.6) is 5.75 Å². The molecule has 2 aromatic carbocycles. The molecule has 2 aromatic rings. The SMILES string of the molecule is O=C(Nc1ccc(OC(F)(F)F)cc1)N1CC[NH+](Cc2ccccc2)CC1. The topological polar surface area (TPSA) is 46.0 Å². The Morgan fingerprint density at radius 1 is 1.04 bits per heavy atom. The molecule has 0 unspecified atom stereocenters. The molecule has 0 aliphatic carbocycles. The fourth-order valence-corrected chi connectivity index (χ4v) is 3.03. The number of nitrogens with zero attached hydrogens (tertiary/aromatic N) is 1. The summed E-state index contributed by atoms with van der Waals surface area (Å²) in [6.07, 6.45) is -4.73. The zero-order chi connectivity index (χ0) is 19.3. The van der Waals surface area contributed by atoms with E-state index in [4.69, 9.17) is 0 Å². The first-order valence-electron chi connectivity index (χ1n) is 8.68. The first-order valence-corrected chi connectivity index (χ1v) is 8.68. The van der Waals surface area contributed by atoms with Crippen LogP contribution in [0.3, 0.4) is 0 Å². The summed E-state index contributed by atoms with van der Waals surface area (Å²) in [5.41, 5.74) is 1.69.